The van der Waals surface area contributed by atoms with Gasteiger partial charge in [-0.05, 0) is 25.3 Å². The van der Waals surface area contributed by atoms with E-state index in [1.807, 2.05) is 6.92 Å². The average molecular weight is 256 g/mol. The average Bonchev–Trinajstić information content (AvgIpc) is 2.26. The molecule has 0 aliphatic rings. The van der Waals surface area contributed by atoms with Gasteiger partial charge in [-0.2, -0.15) is 0 Å². The number of hydrogen-bond donors (Lipinski definition) is 0. The Morgan fingerprint density at radius 1 is 1.53 bits per heavy atom. The molecule has 17 heavy (non-hydrogen) atoms. The fourth-order valence-electron chi connectivity index (χ4n) is 1.66. The first-order chi connectivity index (χ1) is 7.95. The van der Waals surface area contributed by atoms with Crippen molar-refractivity contribution in [3.05, 3.63) is 38.9 Å². The minimum absolute atomic E-state index is 0.0328. The van der Waals surface area contributed by atoms with E-state index in [0.29, 0.717) is 11.4 Å². The highest BCUT2D eigenvalue weighted by Crippen LogP contribution is 2.25. The number of halogens is 1. The molecule has 1 aromatic rings. The Bertz CT molecular complexity index is 445. The SMILES string of the molecule is CCC(Cc1ccc([N+](=O)[O-])cc1Cl)C(C)=O. The number of benzene rings is 1. The Morgan fingerprint density at radius 3 is 2.59 bits per heavy atom. The highest BCUT2D eigenvalue weighted by Gasteiger charge is 2.16. The number of nitro groups is 1. The van der Waals surface area contributed by atoms with E-state index < -0.39 is 4.92 Å². The summed E-state index contributed by atoms with van der Waals surface area (Å²) >= 11 is 5.96. The highest BCUT2D eigenvalue weighted by molar-refractivity contribution is 6.31. The zero-order chi connectivity index (χ0) is 13.0. The Balaban J connectivity index is 2.93. The number of rotatable bonds is 5. The Hall–Kier alpha value is -1.42. The molecular weight excluding hydrogens is 242 g/mol. The first-order valence-corrected chi connectivity index (χ1v) is 5.76. The van der Waals surface area contributed by atoms with Gasteiger partial charge in [-0.15, -0.1) is 0 Å². The van der Waals surface area contributed by atoms with Gasteiger partial charge in [0.1, 0.15) is 5.78 Å². The summed E-state index contributed by atoms with van der Waals surface area (Å²) in [4.78, 5) is 21.4. The van der Waals surface area contributed by atoms with E-state index in [1.165, 1.54) is 12.1 Å². The molecule has 0 spiro atoms. The van der Waals surface area contributed by atoms with Crippen LogP contribution in [0.2, 0.25) is 5.02 Å². The molecule has 1 rings (SSSR count). The lowest BCUT2D eigenvalue weighted by Crippen LogP contribution is -2.13. The molecule has 5 heteroatoms. The summed E-state index contributed by atoms with van der Waals surface area (Å²) in [5.41, 5.74) is 0.744. The molecule has 0 fully saturated rings. The van der Waals surface area contributed by atoms with Gasteiger partial charge in [0.05, 0.1) is 9.95 Å². The number of hydrogen-bond acceptors (Lipinski definition) is 3. The summed E-state index contributed by atoms with van der Waals surface area (Å²) in [6.07, 6.45) is 1.27. The maximum atomic E-state index is 11.3. The fourth-order valence-corrected chi connectivity index (χ4v) is 1.91. The predicted octanol–water partition coefficient (Wildman–Crippen LogP) is 3.41. The topological polar surface area (TPSA) is 60.2 Å². The molecule has 4 nitrogen and oxygen atoms in total. The lowest BCUT2D eigenvalue weighted by molar-refractivity contribution is -0.384. The third-order valence-electron chi connectivity index (χ3n) is 2.78. The molecule has 0 saturated heterocycles. The minimum atomic E-state index is -0.488. The van der Waals surface area contributed by atoms with E-state index in [2.05, 4.69) is 0 Å². The molecule has 0 saturated carbocycles. The summed E-state index contributed by atoms with van der Waals surface area (Å²) < 4.78 is 0. The van der Waals surface area contributed by atoms with Gasteiger partial charge in [0.25, 0.3) is 5.69 Å². The third kappa shape index (κ3) is 3.53. The fraction of sp³-hybridized carbons (Fsp3) is 0.417. The number of non-ortho nitro benzene ring substituents is 1. The summed E-state index contributed by atoms with van der Waals surface area (Å²) in [5, 5.41) is 10.9. The van der Waals surface area contributed by atoms with Crippen LogP contribution in [-0.4, -0.2) is 10.7 Å². The van der Waals surface area contributed by atoms with Gasteiger partial charge in [0, 0.05) is 18.1 Å². The third-order valence-corrected chi connectivity index (χ3v) is 3.13. The molecular formula is C12H14ClNO3. The molecule has 0 heterocycles. The summed E-state index contributed by atoms with van der Waals surface area (Å²) in [6, 6.07) is 4.35. The number of nitro benzene ring substituents is 1. The summed E-state index contributed by atoms with van der Waals surface area (Å²) in [7, 11) is 0. The minimum Gasteiger partial charge on any atom is -0.300 e. The van der Waals surface area contributed by atoms with Crippen molar-refractivity contribution in [2.75, 3.05) is 0 Å². The lowest BCUT2D eigenvalue weighted by atomic mass is 9.93. The summed E-state index contributed by atoms with van der Waals surface area (Å²) in [5.74, 6) is 0.0378. The van der Waals surface area contributed by atoms with E-state index in [4.69, 9.17) is 11.6 Å². The van der Waals surface area contributed by atoms with Crippen LogP contribution in [0.3, 0.4) is 0 Å². The van der Waals surface area contributed by atoms with Crippen molar-refractivity contribution in [1.82, 2.24) is 0 Å². The van der Waals surface area contributed by atoms with Crippen molar-refractivity contribution in [2.45, 2.75) is 26.7 Å². The zero-order valence-electron chi connectivity index (χ0n) is 9.77. The van der Waals surface area contributed by atoms with Crippen LogP contribution in [0.1, 0.15) is 25.8 Å². The molecule has 0 aliphatic carbocycles. The smallest absolute Gasteiger partial charge is 0.270 e. The monoisotopic (exact) mass is 255 g/mol. The van der Waals surface area contributed by atoms with Crippen molar-refractivity contribution in [1.29, 1.82) is 0 Å². The predicted molar refractivity (Wildman–Crippen MR) is 66.3 cm³/mol. The van der Waals surface area contributed by atoms with Gasteiger partial charge in [0.2, 0.25) is 0 Å². The molecule has 1 unspecified atom stereocenters. The number of ketones is 1. The van der Waals surface area contributed by atoms with Gasteiger partial charge in [-0.25, -0.2) is 0 Å². The molecule has 92 valence electrons. The van der Waals surface area contributed by atoms with Crippen LogP contribution in [0.5, 0.6) is 0 Å². The Labute approximate surface area is 105 Å². The molecule has 0 aromatic heterocycles. The van der Waals surface area contributed by atoms with Gasteiger partial charge in [-0.3, -0.25) is 14.9 Å². The van der Waals surface area contributed by atoms with Gasteiger partial charge in [-0.1, -0.05) is 24.6 Å². The van der Waals surface area contributed by atoms with E-state index >= 15 is 0 Å². The van der Waals surface area contributed by atoms with Crippen molar-refractivity contribution in [3.63, 3.8) is 0 Å². The summed E-state index contributed by atoms with van der Waals surface area (Å²) in [6.45, 7) is 3.48. The van der Waals surface area contributed by atoms with Crippen LogP contribution in [0, 0.1) is 16.0 Å². The van der Waals surface area contributed by atoms with E-state index in [0.717, 1.165) is 12.0 Å². The molecule has 0 bridgehead atoms. The van der Waals surface area contributed by atoms with Crippen LogP contribution in [0.4, 0.5) is 5.69 Å². The van der Waals surface area contributed by atoms with Gasteiger partial charge < -0.3 is 0 Å². The first-order valence-electron chi connectivity index (χ1n) is 5.39. The largest absolute Gasteiger partial charge is 0.300 e. The number of carbonyl (C=O) groups excluding carboxylic acids is 1. The van der Waals surface area contributed by atoms with Crippen molar-refractivity contribution in [2.24, 2.45) is 5.92 Å². The van der Waals surface area contributed by atoms with Crippen LogP contribution in [0.15, 0.2) is 18.2 Å². The van der Waals surface area contributed by atoms with Crippen LogP contribution < -0.4 is 0 Å². The number of Topliss-reactive ketones (excluding diaryl/α,β-unsaturated/α-hetero) is 1. The number of nitrogens with zero attached hydrogens (tertiary/aromatic N) is 1. The van der Waals surface area contributed by atoms with Crippen molar-refractivity contribution >= 4 is 23.1 Å². The van der Waals surface area contributed by atoms with E-state index in [-0.39, 0.29) is 17.4 Å². The number of carbonyl (C=O) groups is 1. The molecule has 0 aliphatic heterocycles. The van der Waals surface area contributed by atoms with E-state index in [9.17, 15) is 14.9 Å². The molecule has 0 radical (unpaired) electrons. The van der Waals surface area contributed by atoms with Crippen molar-refractivity contribution in [3.8, 4) is 0 Å². The van der Waals surface area contributed by atoms with Gasteiger partial charge in [0.15, 0.2) is 0 Å². The second-order valence-electron chi connectivity index (χ2n) is 3.95. The van der Waals surface area contributed by atoms with Gasteiger partial charge >= 0.3 is 0 Å². The maximum Gasteiger partial charge on any atom is 0.270 e. The van der Waals surface area contributed by atoms with Crippen molar-refractivity contribution < 1.29 is 9.72 Å². The normalized spacial score (nSPS) is 12.2. The molecule has 0 amide bonds. The highest BCUT2D eigenvalue weighted by atomic mass is 35.5. The second kappa shape index (κ2) is 5.77. The standard InChI is InChI=1S/C12H14ClNO3/c1-3-9(8(2)15)6-10-4-5-11(14(16)17)7-12(10)13/h4-5,7,9H,3,6H2,1-2H3. The Morgan fingerprint density at radius 2 is 2.18 bits per heavy atom. The first kappa shape index (κ1) is 13.6. The molecule has 0 N–H and O–H groups in total. The molecule has 1 aromatic carbocycles. The van der Waals surface area contributed by atoms with Crippen LogP contribution >= 0.6 is 11.6 Å². The lowest BCUT2D eigenvalue weighted by Gasteiger charge is -2.12. The second-order valence-corrected chi connectivity index (χ2v) is 4.36. The maximum absolute atomic E-state index is 11.3. The van der Waals surface area contributed by atoms with Crippen LogP contribution in [0.25, 0.3) is 0 Å². The quantitative estimate of drug-likeness (QED) is 0.598. The molecule has 1 atom stereocenters. The van der Waals surface area contributed by atoms with Crippen LogP contribution in [-0.2, 0) is 11.2 Å². The van der Waals surface area contributed by atoms with E-state index in [1.54, 1.807) is 13.0 Å². The zero-order valence-corrected chi connectivity index (χ0v) is 10.5. The Kier molecular flexibility index (Phi) is 4.63.